The van der Waals surface area contributed by atoms with Gasteiger partial charge in [0.2, 0.25) is 0 Å². The Bertz CT molecular complexity index is 373. The van der Waals surface area contributed by atoms with Crippen LogP contribution in [0, 0.1) is 6.92 Å². The minimum Gasteiger partial charge on any atom is -0.480 e. The summed E-state index contributed by atoms with van der Waals surface area (Å²) in [6.45, 7) is 3.44. The van der Waals surface area contributed by atoms with E-state index in [-0.39, 0.29) is 0 Å². The maximum Gasteiger partial charge on any atom is 0.326 e. The van der Waals surface area contributed by atoms with Crippen molar-refractivity contribution < 1.29 is 9.90 Å². The normalized spacial score (nSPS) is 13.0. The molecule has 0 aliphatic carbocycles. The molecule has 2 N–H and O–H groups in total. The predicted octanol–water partition coefficient (Wildman–Crippen LogP) is 2.10. The zero-order chi connectivity index (χ0) is 13.0. The smallest absolute Gasteiger partial charge is 0.326 e. The number of nitrogens with one attached hydrogen (secondary N) is 1. The highest BCUT2D eigenvalue weighted by molar-refractivity contribution is 9.10. The Morgan fingerprint density at radius 3 is 2.71 bits per heavy atom. The molecule has 17 heavy (non-hydrogen) atoms. The Balaban J connectivity index is 2.69. The molecule has 1 rings (SSSR count). The summed E-state index contributed by atoms with van der Waals surface area (Å²) >= 11 is 4.91. The fraction of sp³-hybridized carbons (Fsp3) is 0.545. The van der Waals surface area contributed by atoms with E-state index in [1.165, 1.54) is 11.3 Å². The van der Waals surface area contributed by atoms with Crippen molar-refractivity contribution in [3.8, 4) is 0 Å². The first-order valence-corrected chi connectivity index (χ1v) is 6.89. The van der Waals surface area contributed by atoms with Crippen molar-refractivity contribution in [1.29, 1.82) is 0 Å². The van der Waals surface area contributed by atoms with E-state index in [0.29, 0.717) is 6.54 Å². The molecule has 0 fully saturated rings. The fourth-order valence-electron chi connectivity index (χ4n) is 1.37. The van der Waals surface area contributed by atoms with E-state index < -0.39 is 12.0 Å². The summed E-state index contributed by atoms with van der Waals surface area (Å²) in [5.41, 5.74) is 0. The predicted molar refractivity (Wildman–Crippen MR) is 73.7 cm³/mol. The van der Waals surface area contributed by atoms with Gasteiger partial charge in [-0.2, -0.15) is 0 Å². The zero-order valence-corrected chi connectivity index (χ0v) is 12.6. The Kier molecular flexibility index (Phi) is 5.58. The lowest BCUT2D eigenvalue weighted by Gasteiger charge is -2.15. The minimum absolute atomic E-state index is 0.620. The summed E-state index contributed by atoms with van der Waals surface area (Å²) in [5.74, 6) is -0.836. The van der Waals surface area contributed by atoms with Gasteiger partial charge in [-0.3, -0.25) is 10.1 Å². The number of aliphatic carboxylic acids is 1. The third-order valence-corrected chi connectivity index (χ3v) is 4.52. The molecule has 1 heterocycles. The standard InChI is InChI=1S/C11H17BrN2O2S/c1-7-8(12)6-9(17-7)10(11(15)16)13-4-5-14(2)3/h6,10,13H,4-5H2,1-3H3,(H,15,16). The number of rotatable bonds is 6. The number of carboxylic acids is 1. The van der Waals surface area contributed by atoms with Crippen LogP contribution in [0.2, 0.25) is 0 Å². The van der Waals surface area contributed by atoms with E-state index in [1.54, 1.807) is 0 Å². The van der Waals surface area contributed by atoms with Gasteiger partial charge in [0.1, 0.15) is 6.04 Å². The first kappa shape index (κ1) is 14.6. The zero-order valence-electron chi connectivity index (χ0n) is 10.2. The molecule has 0 amide bonds. The average Bonchev–Trinajstić information content (AvgIpc) is 2.53. The van der Waals surface area contributed by atoms with Gasteiger partial charge in [0.05, 0.1) is 0 Å². The number of nitrogens with zero attached hydrogens (tertiary/aromatic N) is 1. The van der Waals surface area contributed by atoms with Crippen molar-refractivity contribution in [2.75, 3.05) is 27.2 Å². The molecular formula is C11H17BrN2O2S. The Morgan fingerprint density at radius 2 is 2.29 bits per heavy atom. The molecule has 1 atom stereocenters. The molecule has 1 aromatic rings. The first-order chi connectivity index (χ1) is 7.91. The number of halogens is 1. The van der Waals surface area contributed by atoms with Crippen LogP contribution in [0.3, 0.4) is 0 Å². The number of carbonyl (C=O) groups is 1. The summed E-state index contributed by atoms with van der Waals surface area (Å²) in [6.07, 6.45) is 0. The number of carboxylic acid groups (broad SMARTS) is 1. The van der Waals surface area contributed by atoms with Crippen LogP contribution in [-0.4, -0.2) is 43.2 Å². The molecule has 0 saturated heterocycles. The van der Waals surface area contributed by atoms with Crippen LogP contribution < -0.4 is 5.32 Å². The lowest BCUT2D eigenvalue weighted by molar-refractivity contribution is -0.139. The molecule has 0 spiro atoms. The van der Waals surface area contributed by atoms with Crippen molar-refractivity contribution >= 4 is 33.2 Å². The second kappa shape index (κ2) is 6.49. The molecule has 0 aromatic carbocycles. The average molecular weight is 321 g/mol. The van der Waals surface area contributed by atoms with E-state index >= 15 is 0 Å². The first-order valence-electron chi connectivity index (χ1n) is 5.28. The molecule has 0 aliphatic rings. The highest BCUT2D eigenvalue weighted by Crippen LogP contribution is 2.30. The highest BCUT2D eigenvalue weighted by Gasteiger charge is 2.21. The maximum atomic E-state index is 11.2. The fourth-order valence-corrected chi connectivity index (χ4v) is 3.00. The lowest BCUT2D eigenvalue weighted by atomic mass is 10.2. The second-order valence-electron chi connectivity index (χ2n) is 4.08. The number of hydrogen-bond donors (Lipinski definition) is 2. The third-order valence-electron chi connectivity index (χ3n) is 2.32. The van der Waals surface area contributed by atoms with E-state index in [1.807, 2.05) is 32.0 Å². The molecule has 1 unspecified atom stereocenters. The number of aryl methyl sites for hydroxylation is 1. The van der Waals surface area contributed by atoms with Gasteiger partial charge < -0.3 is 10.0 Å². The molecule has 96 valence electrons. The van der Waals surface area contributed by atoms with Gasteiger partial charge in [-0.05, 0) is 43.0 Å². The van der Waals surface area contributed by atoms with Gasteiger partial charge in [-0.1, -0.05) is 0 Å². The summed E-state index contributed by atoms with van der Waals surface area (Å²) in [6, 6.07) is 1.26. The van der Waals surface area contributed by atoms with Crippen molar-refractivity contribution in [3.63, 3.8) is 0 Å². The summed E-state index contributed by atoms with van der Waals surface area (Å²) in [7, 11) is 3.92. The monoisotopic (exact) mass is 320 g/mol. The quantitative estimate of drug-likeness (QED) is 0.842. The van der Waals surface area contributed by atoms with Crippen LogP contribution in [0.4, 0.5) is 0 Å². The van der Waals surface area contributed by atoms with Crippen molar-refractivity contribution in [3.05, 3.63) is 20.3 Å². The third kappa shape index (κ3) is 4.39. The SMILES string of the molecule is Cc1sc(C(NCCN(C)C)C(=O)O)cc1Br. The molecule has 0 saturated carbocycles. The summed E-state index contributed by atoms with van der Waals surface area (Å²) in [4.78, 5) is 15.2. The minimum atomic E-state index is -0.836. The Labute approximate surface area is 114 Å². The molecule has 1 aromatic heterocycles. The molecule has 6 heteroatoms. The summed E-state index contributed by atoms with van der Waals surface area (Å²) in [5, 5.41) is 12.3. The van der Waals surface area contributed by atoms with Crippen molar-refractivity contribution in [2.45, 2.75) is 13.0 Å². The van der Waals surface area contributed by atoms with Gasteiger partial charge in [0.25, 0.3) is 0 Å². The lowest BCUT2D eigenvalue weighted by Crippen LogP contribution is -2.33. The van der Waals surface area contributed by atoms with Gasteiger partial charge in [-0.25, -0.2) is 0 Å². The largest absolute Gasteiger partial charge is 0.480 e. The number of likely N-dealkylation sites (N-methyl/N-ethyl adjacent to an activating group) is 1. The Hall–Kier alpha value is -0.430. The van der Waals surface area contributed by atoms with Crippen LogP contribution in [-0.2, 0) is 4.79 Å². The molecule has 0 aliphatic heterocycles. The van der Waals surface area contributed by atoms with Crippen LogP contribution in [0.1, 0.15) is 15.8 Å². The van der Waals surface area contributed by atoms with Crippen molar-refractivity contribution in [1.82, 2.24) is 10.2 Å². The van der Waals surface area contributed by atoms with Crippen LogP contribution in [0.15, 0.2) is 10.5 Å². The van der Waals surface area contributed by atoms with E-state index in [2.05, 4.69) is 21.2 Å². The van der Waals surface area contributed by atoms with Gasteiger partial charge >= 0.3 is 5.97 Å². The molecule has 0 bridgehead atoms. The van der Waals surface area contributed by atoms with Crippen LogP contribution in [0.5, 0.6) is 0 Å². The maximum absolute atomic E-state index is 11.2. The topological polar surface area (TPSA) is 52.6 Å². The summed E-state index contributed by atoms with van der Waals surface area (Å²) < 4.78 is 0.971. The molecular weight excluding hydrogens is 304 g/mol. The number of thiophene rings is 1. The Morgan fingerprint density at radius 1 is 1.65 bits per heavy atom. The van der Waals surface area contributed by atoms with E-state index in [0.717, 1.165) is 20.8 Å². The van der Waals surface area contributed by atoms with Gasteiger partial charge in [0.15, 0.2) is 0 Å². The number of hydrogen-bond acceptors (Lipinski definition) is 4. The molecule has 4 nitrogen and oxygen atoms in total. The van der Waals surface area contributed by atoms with Crippen LogP contribution in [0.25, 0.3) is 0 Å². The van der Waals surface area contributed by atoms with Crippen LogP contribution >= 0.6 is 27.3 Å². The van der Waals surface area contributed by atoms with Gasteiger partial charge in [0, 0.05) is 27.3 Å². The van der Waals surface area contributed by atoms with E-state index in [4.69, 9.17) is 0 Å². The van der Waals surface area contributed by atoms with Crippen molar-refractivity contribution in [2.24, 2.45) is 0 Å². The molecule has 0 radical (unpaired) electrons. The van der Waals surface area contributed by atoms with Gasteiger partial charge in [-0.15, -0.1) is 11.3 Å². The highest BCUT2D eigenvalue weighted by atomic mass is 79.9. The van der Waals surface area contributed by atoms with E-state index in [9.17, 15) is 9.90 Å². The second-order valence-corrected chi connectivity index (χ2v) is 6.22.